The molecule has 1 heterocycles. The van der Waals surface area contributed by atoms with Crippen molar-refractivity contribution in [3.05, 3.63) is 47.0 Å². The third-order valence-electron chi connectivity index (χ3n) is 3.19. The maximum Gasteiger partial charge on any atom is 0.224 e. The Balaban J connectivity index is 1.96. The molecule has 3 rings (SSSR count). The summed E-state index contributed by atoms with van der Waals surface area (Å²) >= 11 is 6.06. The van der Waals surface area contributed by atoms with Crippen LogP contribution in [0, 0.1) is 0 Å². The molecule has 0 unspecified atom stereocenters. The minimum absolute atomic E-state index is 0.00552. The molecule has 2 aromatic carbocycles. The predicted octanol–water partition coefficient (Wildman–Crippen LogP) is 3.60. The number of benzene rings is 2. The lowest BCUT2D eigenvalue weighted by Crippen LogP contribution is -2.19. The quantitative estimate of drug-likeness (QED) is 0.830. The molecule has 0 aliphatic carbocycles. The Labute approximate surface area is 121 Å². The number of carbonyl (C=O) groups excluding carboxylic acids is 1. The first kappa shape index (κ1) is 12.8. The number of halogens is 1. The number of nitrogens with two attached hydrogens (primary N) is 1. The van der Waals surface area contributed by atoms with Gasteiger partial charge in [-0.15, -0.1) is 0 Å². The minimum atomic E-state index is 0.00552. The minimum Gasteiger partial charge on any atom is -0.454 e. The van der Waals surface area contributed by atoms with Crippen molar-refractivity contribution in [1.29, 1.82) is 0 Å². The Kier molecular flexibility index (Phi) is 3.24. The second-order valence-electron chi connectivity index (χ2n) is 4.63. The summed E-state index contributed by atoms with van der Waals surface area (Å²) < 4.78 is 5.73. The number of aryl methyl sites for hydroxylation is 1. The third kappa shape index (κ3) is 2.42. The van der Waals surface area contributed by atoms with Crippen LogP contribution in [0.5, 0.6) is 11.5 Å². The Morgan fingerprint density at radius 3 is 2.75 bits per heavy atom. The van der Waals surface area contributed by atoms with E-state index in [0.29, 0.717) is 35.1 Å². The van der Waals surface area contributed by atoms with Gasteiger partial charge in [-0.25, -0.2) is 0 Å². The van der Waals surface area contributed by atoms with Crippen molar-refractivity contribution in [2.24, 2.45) is 0 Å². The highest BCUT2D eigenvalue weighted by Crippen LogP contribution is 2.37. The second-order valence-corrected chi connectivity index (χ2v) is 5.04. The van der Waals surface area contributed by atoms with Gasteiger partial charge in [0.05, 0.1) is 10.7 Å². The van der Waals surface area contributed by atoms with Crippen molar-refractivity contribution >= 4 is 28.9 Å². The van der Waals surface area contributed by atoms with E-state index in [9.17, 15) is 4.79 Å². The molecule has 0 atom stereocenters. The van der Waals surface area contributed by atoms with Crippen LogP contribution >= 0.6 is 11.6 Å². The van der Waals surface area contributed by atoms with Crippen molar-refractivity contribution in [3.63, 3.8) is 0 Å². The molecule has 3 N–H and O–H groups in total. The Bertz CT molecular complexity index is 686. The van der Waals surface area contributed by atoms with E-state index in [1.165, 1.54) is 0 Å². The van der Waals surface area contributed by atoms with Crippen LogP contribution in [0.15, 0.2) is 36.4 Å². The van der Waals surface area contributed by atoms with Gasteiger partial charge < -0.3 is 15.8 Å². The molecular weight excluding hydrogens is 276 g/mol. The number of carbonyl (C=O) groups is 1. The number of para-hydroxylation sites is 1. The van der Waals surface area contributed by atoms with Crippen molar-refractivity contribution < 1.29 is 9.53 Å². The van der Waals surface area contributed by atoms with E-state index in [0.717, 1.165) is 11.3 Å². The molecule has 1 aliphatic heterocycles. The highest BCUT2D eigenvalue weighted by atomic mass is 35.5. The molecule has 5 heteroatoms. The molecule has 102 valence electrons. The van der Waals surface area contributed by atoms with Crippen molar-refractivity contribution in [2.75, 3.05) is 11.1 Å². The summed E-state index contributed by atoms with van der Waals surface area (Å²) in [5.74, 6) is 1.02. The molecule has 2 aromatic rings. The van der Waals surface area contributed by atoms with Gasteiger partial charge in [-0.05, 0) is 30.2 Å². The number of ether oxygens (including phenoxy) is 1. The first-order valence-corrected chi connectivity index (χ1v) is 6.66. The summed E-state index contributed by atoms with van der Waals surface area (Å²) in [5.41, 5.74) is 8.29. The van der Waals surface area contributed by atoms with Crippen LogP contribution in [0.1, 0.15) is 12.0 Å². The van der Waals surface area contributed by atoms with E-state index < -0.39 is 0 Å². The Morgan fingerprint density at radius 2 is 1.95 bits per heavy atom. The van der Waals surface area contributed by atoms with Gasteiger partial charge >= 0.3 is 0 Å². The first-order valence-electron chi connectivity index (χ1n) is 6.28. The molecule has 0 spiro atoms. The maximum atomic E-state index is 11.4. The van der Waals surface area contributed by atoms with Gasteiger partial charge in [0, 0.05) is 18.2 Å². The fourth-order valence-electron chi connectivity index (χ4n) is 2.16. The Hall–Kier alpha value is -2.20. The summed E-state index contributed by atoms with van der Waals surface area (Å²) in [4.78, 5) is 11.4. The van der Waals surface area contributed by atoms with Gasteiger partial charge in [-0.3, -0.25) is 4.79 Å². The fourth-order valence-corrected chi connectivity index (χ4v) is 2.34. The van der Waals surface area contributed by atoms with Gasteiger partial charge in [-0.2, -0.15) is 0 Å². The zero-order valence-electron chi connectivity index (χ0n) is 10.7. The van der Waals surface area contributed by atoms with Crippen LogP contribution in [-0.2, 0) is 11.2 Å². The van der Waals surface area contributed by atoms with E-state index >= 15 is 0 Å². The van der Waals surface area contributed by atoms with Gasteiger partial charge in [-0.1, -0.05) is 23.7 Å². The molecular formula is C15H13ClN2O2. The van der Waals surface area contributed by atoms with E-state index in [-0.39, 0.29) is 5.91 Å². The van der Waals surface area contributed by atoms with Gasteiger partial charge in [0.15, 0.2) is 5.75 Å². The molecule has 1 aliphatic rings. The number of nitrogen functional groups attached to an aromatic ring is 1. The van der Waals surface area contributed by atoms with E-state index in [4.69, 9.17) is 22.1 Å². The fraction of sp³-hybridized carbons (Fsp3) is 0.133. The smallest absolute Gasteiger partial charge is 0.224 e. The zero-order chi connectivity index (χ0) is 14.1. The largest absolute Gasteiger partial charge is 0.454 e. The van der Waals surface area contributed by atoms with E-state index in [1.807, 2.05) is 18.2 Å². The summed E-state index contributed by atoms with van der Waals surface area (Å²) in [6, 6.07) is 10.7. The summed E-state index contributed by atoms with van der Waals surface area (Å²) in [6.45, 7) is 0. The number of rotatable bonds is 2. The summed E-state index contributed by atoms with van der Waals surface area (Å²) in [7, 11) is 0. The predicted molar refractivity (Wildman–Crippen MR) is 79.3 cm³/mol. The normalized spacial score (nSPS) is 13.6. The monoisotopic (exact) mass is 288 g/mol. The van der Waals surface area contributed by atoms with Crippen LogP contribution in [0.4, 0.5) is 11.4 Å². The van der Waals surface area contributed by atoms with Crippen LogP contribution < -0.4 is 15.8 Å². The number of anilines is 2. The van der Waals surface area contributed by atoms with Crippen LogP contribution in [0.2, 0.25) is 5.02 Å². The highest BCUT2D eigenvalue weighted by molar-refractivity contribution is 6.32. The molecule has 4 nitrogen and oxygen atoms in total. The third-order valence-corrected chi connectivity index (χ3v) is 3.50. The molecule has 0 saturated carbocycles. The Morgan fingerprint density at radius 1 is 1.15 bits per heavy atom. The van der Waals surface area contributed by atoms with Gasteiger partial charge in [0.2, 0.25) is 5.91 Å². The molecule has 0 aromatic heterocycles. The molecule has 0 bridgehead atoms. The van der Waals surface area contributed by atoms with Gasteiger partial charge in [0.1, 0.15) is 5.75 Å². The molecule has 0 saturated heterocycles. The number of nitrogens with one attached hydrogen (secondary N) is 1. The SMILES string of the molecule is Nc1cc2c(cc1Oc1ccccc1Cl)NC(=O)CC2. The molecule has 0 radical (unpaired) electrons. The van der Waals surface area contributed by atoms with Gasteiger partial charge in [0.25, 0.3) is 0 Å². The van der Waals surface area contributed by atoms with Crippen molar-refractivity contribution in [2.45, 2.75) is 12.8 Å². The molecule has 20 heavy (non-hydrogen) atoms. The molecule has 1 amide bonds. The lowest BCUT2D eigenvalue weighted by molar-refractivity contribution is -0.116. The summed E-state index contributed by atoms with van der Waals surface area (Å²) in [5, 5.41) is 3.33. The van der Waals surface area contributed by atoms with E-state index in [2.05, 4.69) is 5.32 Å². The van der Waals surface area contributed by atoms with Crippen LogP contribution in [0.25, 0.3) is 0 Å². The standard InChI is InChI=1S/C15H13ClN2O2/c16-10-3-1-2-4-13(10)20-14-8-12-9(7-11(14)17)5-6-15(19)18-12/h1-4,7-8H,5-6,17H2,(H,18,19). The number of hydrogen-bond donors (Lipinski definition) is 2. The number of fused-ring (bicyclic) bond motifs is 1. The van der Waals surface area contributed by atoms with Crippen LogP contribution in [-0.4, -0.2) is 5.91 Å². The number of amides is 1. The maximum absolute atomic E-state index is 11.4. The number of hydrogen-bond acceptors (Lipinski definition) is 3. The van der Waals surface area contributed by atoms with E-state index in [1.54, 1.807) is 18.2 Å². The lowest BCUT2D eigenvalue weighted by Gasteiger charge is -2.19. The average Bonchev–Trinajstić information content (AvgIpc) is 2.42. The lowest BCUT2D eigenvalue weighted by atomic mass is 10.0. The molecule has 0 fully saturated rings. The topological polar surface area (TPSA) is 64.3 Å². The second kappa shape index (κ2) is 5.06. The average molecular weight is 289 g/mol. The first-order chi connectivity index (χ1) is 9.63. The van der Waals surface area contributed by atoms with Crippen molar-refractivity contribution in [1.82, 2.24) is 0 Å². The highest BCUT2D eigenvalue weighted by Gasteiger charge is 2.17. The van der Waals surface area contributed by atoms with Crippen molar-refractivity contribution in [3.8, 4) is 11.5 Å². The van der Waals surface area contributed by atoms with Crippen LogP contribution in [0.3, 0.4) is 0 Å². The zero-order valence-corrected chi connectivity index (χ0v) is 11.4. The summed E-state index contributed by atoms with van der Waals surface area (Å²) in [6.07, 6.45) is 1.18.